The van der Waals surface area contributed by atoms with Crippen molar-refractivity contribution in [3.05, 3.63) is 69.7 Å². The van der Waals surface area contributed by atoms with Gasteiger partial charge in [-0.1, -0.05) is 42.8 Å². The Morgan fingerprint density at radius 3 is 2.57 bits per heavy atom. The second-order valence-electron chi connectivity index (χ2n) is 4.89. The van der Waals surface area contributed by atoms with Crippen LogP contribution in [0.25, 0.3) is 16.6 Å². The minimum atomic E-state index is -0.0721. The number of halogens is 1. The Hall–Kier alpha value is -2.13. The Kier molecular flexibility index (Phi) is 3.76. The average molecular weight is 299 g/mol. The lowest BCUT2D eigenvalue weighted by Crippen LogP contribution is -2.24. The van der Waals surface area contributed by atoms with E-state index in [4.69, 9.17) is 11.6 Å². The van der Waals surface area contributed by atoms with Gasteiger partial charge in [0.1, 0.15) is 5.82 Å². The minimum absolute atomic E-state index is 0.0721. The van der Waals surface area contributed by atoms with Crippen molar-refractivity contribution in [1.82, 2.24) is 9.55 Å². The summed E-state index contributed by atoms with van der Waals surface area (Å²) >= 11 is 6.27. The highest BCUT2D eigenvalue weighted by Gasteiger charge is 2.13. The molecule has 0 saturated carbocycles. The molecule has 21 heavy (non-hydrogen) atoms. The maximum absolute atomic E-state index is 12.8. The number of hydrogen-bond donors (Lipinski definition) is 0. The molecule has 3 nitrogen and oxygen atoms in total. The number of aromatic nitrogens is 2. The van der Waals surface area contributed by atoms with E-state index in [-0.39, 0.29) is 5.56 Å². The van der Waals surface area contributed by atoms with Gasteiger partial charge in [-0.3, -0.25) is 9.36 Å². The van der Waals surface area contributed by atoms with Crippen molar-refractivity contribution in [3.8, 4) is 5.69 Å². The van der Waals surface area contributed by atoms with Gasteiger partial charge in [0.15, 0.2) is 0 Å². The first-order valence-corrected chi connectivity index (χ1v) is 7.35. The first-order chi connectivity index (χ1) is 10.2. The van der Waals surface area contributed by atoms with E-state index >= 15 is 0 Å². The first-order valence-electron chi connectivity index (χ1n) is 6.98. The number of fused-ring (bicyclic) bond motifs is 1. The molecule has 0 aliphatic carbocycles. The van der Waals surface area contributed by atoms with Crippen LogP contribution in [0.15, 0.2) is 53.3 Å². The lowest BCUT2D eigenvalue weighted by Gasteiger charge is -2.14. The largest absolute Gasteiger partial charge is 0.268 e. The van der Waals surface area contributed by atoms with Crippen molar-refractivity contribution < 1.29 is 0 Å². The number of hydrogen-bond acceptors (Lipinski definition) is 2. The molecule has 0 N–H and O–H groups in total. The summed E-state index contributed by atoms with van der Waals surface area (Å²) in [5, 5.41) is 1.16. The van der Waals surface area contributed by atoms with Gasteiger partial charge in [0.2, 0.25) is 0 Å². The summed E-state index contributed by atoms with van der Waals surface area (Å²) in [6.07, 6.45) is 1.64. The molecule has 0 unspecified atom stereocenters. The lowest BCUT2D eigenvalue weighted by molar-refractivity contribution is 0.774. The van der Waals surface area contributed by atoms with Crippen molar-refractivity contribution in [2.24, 2.45) is 0 Å². The second-order valence-corrected chi connectivity index (χ2v) is 5.29. The van der Waals surface area contributed by atoms with Crippen molar-refractivity contribution in [3.63, 3.8) is 0 Å². The van der Waals surface area contributed by atoms with Gasteiger partial charge >= 0.3 is 0 Å². The number of aryl methyl sites for hydroxylation is 1. The zero-order valence-corrected chi connectivity index (χ0v) is 12.5. The van der Waals surface area contributed by atoms with Crippen LogP contribution in [0.4, 0.5) is 0 Å². The summed E-state index contributed by atoms with van der Waals surface area (Å²) in [5.41, 5.74) is 1.34. The highest BCUT2D eigenvalue weighted by atomic mass is 35.5. The molecule has 3 rings (SSSR count). The topological polar surface area (TPSA) is 34.9 Å². The van der Waals surface area contributed by atoms with Crippen LogP contribution in [0.1, 0.15) is 19.2 Å². The summed E-state index contributed by atoms with van der Waals surface area (Å²) in [7, 11) is 0. The van der Waals surface area contributed by atoms with Gasteiger partial charge in [0, 0.05) is 6.42 Å². The summed E-state index contributed by atoms with van der Waals surface area (Å²) in [5.74, 6) is 0.745. The molecule has 1 heterocycles. The maximum atomic E-state index is 12.8. The summed E-state index contributed by atoms with van der Waals surface area (Å²) < 4.78 is 1.63. The number of rotatable bonds is 3. The molecule has 0 bridgehead atoms. The molecular formula is C17H15ClN2O. The van der Waals surface area contributed by atoms with Crippen LogP contribution in [-0.2, 0) is 6.42 Å². The van der Waals surface area contributed by atoms with E-state index in [1.807, 2.05) is 36.4 Å². The molecule has 3 aromatic rings. The molecule has 0 radical (unpaired) electrons. The Bertz CT molecular complexity index is 855. The van der Waals surface area contributed by atoms with Gasteiger partial charge in [-0.2, -0.15) is 0 Å². The average Bonchev–Trinajstić information content (AvgIpc) is 2.49. The van der Waals surface area contributed by atoms with Gasteiger partial charge in [-0.25, -0.2) is 4.98 Å². The maximum Gasteiger partial charge on any atom is 0.266 e. The highest BCUT2D eigenvalue weighted by molar-refractivity contribution is 6.32. The third kappa shape index (κ3) is 2.45. The van der Waals surface area contributed by atoms with E-state index in [9.17, 15) is 4.79 Å². The van der Waals surface area contributed by atoms with Crippen LogP contribution in [0.2, 0.25) is 5.02 Å². The summed E-state index contributed by atoms with van der Waals surface area (Å²) in [4.78, 5) is 17.5. The van der Waals surface area contributed by atoms with E-state index in [2.05, 4.69) is 11.9 Å². The standard InChI is InChI=1S/C17H15ClN2O/c1-2-7-16-19-14-10-5-3-8-12(14)17(21)20(16)15-11-6-4-9-13(15)18/h3-6,8-11H,2,7H2,1H3. The minimum Gasteiger partial charge on any atom is -0.268 e. The normalized spacial score (nSPS) is 11.0. The SMILES string of the molecule is CCCc1nc2ccccc2c(=O)n1-c1ccccc1Cl. The Balaban J connectivity index is 2.40. The molecule has 0 aliphatic heterocycles. The molecular weight excluding hydrogens is 284 g/mol. The summed E-state index contributed by atoms with van der Waals surface area (Å²) in [6, 6.07) is 14.8. The van der Waals surface area contributed by atoms with Gasteiger partial charge in [0.05, 0.1) is 21.6 Å². The monoisotopic (exact) mass is 298 g/mol. The number of benzene rings is 2. The van der Waals surface area contributed by atoms with Crippen molar-refractivity contribution >= 4 is 22.5 Å². The molecule has 2 aromatic carbocycles. The van der Waals surface area contributed by atoms with E-state index in [1.54, 1.807) is 16.7 Å². The van der Waals surface area contributed by atoms with Crippen LogP contribution in [0, 0.1) is 0 Å². The Morgan fingerprint density at radius 2 is 1.81 bits per heavy atom. The zero-order chi connectivity index (χ0) is 14.8. The van der Waals surface area contributed by atoms with Crippen LogP contribution >= 0.6 is 11.6 Å². The molecule has 4 heteroatoms. The van der Waals surface area contributed by atoms with Crippen molar-refractivity contribution in [2.75, 3.05) is 0 Å². The molecule has 0 amide bonds. The van der Waals surface area contributed by atoms with Crippen LogP contribution < -0.4 is 5.56 Å². The predicted octanol–water partition coefficient (Wildman–Crippen LogP) is 3.99. The first kappa shape index (κ1) is 13.8. The zero-order valence-electron chi connectivity index (χ0n) is 11.7. The van der Waals surface area contributed by atoms with Crippen molar-refractivity contribution in [1.29, 1.82) is 0 Å². The van der Waals surface area contributed by atoms with E-state index in [0.29, 0.717) is 16.1 Å². The van der Waals surface area contributed by atoms with Crippen LogP contribution in [0.5, 0.6) is 0 Å². The fraction of sp³-hybridized carbons (Fsp3) is 0.176. The molecule has 0 aliphatic rings. The van der Waals surface area contributed by atoms with Crippen LogP contribution in [0.3, 0.4) is 0 Å². The summed E-state index contributed by atoms with van der Waals surface area (Å²) in [6.45, 7) is 2.07. The smallest absolute Gasteiger partial charge is 0.266 e. The van der Waals surface area contributed by atoms with Gasteiger partial charge in [-0.05, 0) is 30.7 Å². The number of para-hydroxylation sites is 2. The van der Waals surface area contributed by atoms with Crippen molar-refractivity contribution in [2.45, 2.75) is 19.8 Å². The molecule has 0 saturated heterocycles. The van der Waals surface area contributed by atoms with E-state index in [1.165, 1.54) is 0 Å². The van der Waals surface area contributed by atoms with Gasteiger partial charge in [-0.15, -0.1) is 0 Å². The quantitative estimate of drug-likeness (QED) is 0.733. The lowest BCUT2D eigenvalue weighted by atomic mass is 10.2. The number of nitrogens with zero attached hydrogens (tertiary/aromatic N) is 2. The van der Waals surface area contributed by atoms with E-state index in [0.717, 1.165) is 24.2 Å². The third-order valence-corrected chi connectivity index (χ3v) is 3.73. The molecule has 0 atom stereocenters. The fourth-order valence-electron chi connectivity index (χ4n) is 2.45. The molecule has 106 valence electrons. The molecule has 1 aromatic heterocycles. The predicted molar refractivity (Wildman–Crippen MR) is 86.3 cm³/mol. The molecule has 0 fully saturated rings. The fourth-order valence-corrected chi connectivity index (χ4v) is 2.67. The van der Waals surface area contributed by atoms with Crippen LogP contribution in [-0.4, -0.2) is 9.55 Å². The second kappa shape index (κ2) is 5.70. The van der Waals surface area contributed by atoms with Gasteiger partial charge < -0.3 is 0 Å². The third-order valence-electron chi connectivity index (χ3n) is 3.41. The Labute approximate surface area is 127 Å². The highest BCUT2D eigenvalue weighted by Crippen LogP contribution is 2.21. The van der Waals surface area contributed by atoms with E-state index < -0.39 is 0 Å². The Morgan fingerprint density at radius 1 is 1.10 bits per heavy atom. The molecule has 0 spiro atoms. The van der Waals surface area contributed by atoms with Gasteiger partial charge in [0.25, 0.3) is 5.56 Å².